The molecule has 0 aliphatic rings. The second-order valence-corrected chi connectivity index (χ2v) is 4.34. The van der Waals surface area contributed by atoms with Crippen LogP contribution in [0.4, 0.5) is 0 Å². The van der Waals surface area contributed by atoms with Gasteiger partial charge in [-0.1, -0.05) is 18.2 Å². The Morgan fingerprint density at radius 2 is 2.06 bits per heavy atom. The summed E-state index contributed by atoms with van der Waals surface area (Å²) in [7, 11) is 0. The van der Waals surface area contributed by atoms with E-state index in [2.05, 4.69) is 18.7 Å². The molecule has 82 valence electrons. The van der Waals surface area contributed by atoms with Crippen molar-refractivity contribution < 1.29 is 4.79 Å². The molecule has 0 aliphatic heterocycles. The molecule has 0 aliphatic carbocycles. The maximum Gasteiger partial charge on any atom is 0.159 e. The molecule has 2 rings (SSSR count). The van der Waals surface area contributed by atoms with Gasteiger partial charge in [0.1, 0.15) is 0 Å². The highest BCUT2D eigenvalue weighted by molar-refractivity contribution is 7.79. The van der Waals surface area contributed by atoms with Gasteiger partial charge in [0.15, 0.2) is 5.78 Å². The number of hydrogen-bond donors (Lipinski definition) is 1. The van der Waals surface area contributed by atoms with Crippen LogP contribution in [0.1, 0.15) is 28.4 Å². The first-order valence-corrected chi connectivity index (χ1v) is 5.91. The molecule has 0 heterocycles. The molecule has 0 unspecified atom stereocenters. The van der Waals surface area contributed by atoms with Crippen LogP contribution in [0.5, 0.6) is 0 Å². The number of hydrogen-bond acceptors (Lipinski definition) is 2. The fourth-order valence-corrected chi connectivity index (χ4v) is 2.33. The van der Waals surface area contributed by atoms with E-state index in [1.807, 2.05) is 31.2 Å². The minimum atomic E-state index is 0.112. The summed E-state index contributed by atoms with van der Waals surface area (Å²) in [6, 6.07) is 10.0. The van der Waals surface area contributed by atoms with Crippen LogP contribution in [-0.2, 0) is 5.75 Å². The number of benzene rings is 2. The third-order valence-corrected chi connectivity index (χ3v) is 3.18. The van der Waals surface area contributed by atoms with Crippen LogP contribution in [0.15, 0.2) is 30.3 Å². The Bertz CT molecular complexity index is 558. The minimum absolute atomic E-state index is 0.112. The summed E-state index contributed by atoms with van der Waals surface area (Å²) in [6.45, 7) is 3.64. The van der Waals surface area contributed by atoms with Crippen molar-refractivity contribution in [2.24, 2.45) is 0 Å². The summed E-state index contributed by atoms with van der Waals surface area (Å²) in [6.07, 6.45) is 0. The molecule has 0 amide bonds. The van der Waals surface area contributed by atoms with Gasteiger partial charge in [-0.15, -0.1) is 0 Å². The monoisotopic (exact) mass is 230 g/mol. The number of rotatable bonds is 2. The number of ketones is 1. The third kappa shape index (κ3) is 1.85. The minimum Gasteiger partial charge on any atom is -0.295 e. The largest absolute Gasteiger partial charge is 0.295 e. The van der Waals surface area contributed by atoms with E-state index in [9.17, 15) is 4.79 Å². The lowest BCUT2D eigenvalue weighted by Gasteiger charge is -2.09. The van der Waals surface area contributed by atoms with Gasteiger partial charge in [0.2, 0.25) is 0 Å². The highest BCUT2D eigenvalue weighted by Gasteiger charge is 2.07. The maximum absolute atomic E-state index is 11.4. The normalized spacial score (nSPS) is 10.7. The summed E-state index contributed by atoms with van der Waals surface area (Å²) >= 11 is 4.33. The Balaban J connectivity index is 2.80. The molecular formula is C14H14OS. The van der Waals surface area contributed by atoms with Gasteiger partial charge in [0.05, 0.1) is 0 Å². The SMILES string of the molecule is CC(=O)c1cc(C)c2c(CS)cccc2c1. The van der Waals surface area contributed by atoms with Gasteiger partial charge in [-0.2, -0.15) is 12.6 Å². The number of carbonyl (C=O) groups is 1. The Morgan fingerprint density at radius 3 is 2.69 bits per heavy atom. The molecule has 0 spiro atoms. The zero-order valence-electron chi connectivity index (χ0n) is 9.45. The van der Waals surface area contributed by atoms with Crippen LogP contribution in [0.3, 0.4) is 0 Å². The van der Waals surface area contributed by atoms with Crippen LogP contribution >= 0.6 is 12.6 Å². The van der Waals surface area contributed by atoms with Crippen molar-refractivity contribution >= 4 is 29.2 Å². The van der Waals surface area contributed by atoms with Crippen molar-refractivity contribution in [3.05, 3.63) is 47.0 Å². The summed E-state index contributed by atoms with van der Waals surface area (Å²) in [4.78, 5) is 11.4. The lowest BCUT2D eigenvalue weighted by atomic mass is 9.97. The second-order valence-electron chi connectivity index (χ2n) is 4.02. The van der Waals surface area contributed by atoms with Gasteiger partial charge in [0, 0.05) is 11.3 Å². The summed E-state index contributed by atoms with van der Waals surface area (Å²) < 4.78 is 0. The van der Waals surface area contributed by atoms with Crippen molar-refractivity contribution in [3.63, 3.8) is 0 Å². The zero-order valence-corrected chi connectivity index (χ0v) is 10.3. The molecule has 2 aromatic rings. The fraction of sp³-hybridized carbons (Fsp3) is 0.214. The van der Waals surface area contributed by atoms with Gasteiger partial charge in [-0.3, -0.25) is 4.79 Å². The van der Waals surface area contributed by atoms with Crippen molar-refractivity contribution in [1.29, 1.82) is 0 Å². The topological polar surface area (TPSA) is 17.1 Å². The average Bonchev–Trinajstić information content (AvgIpc) is 2.27. The first kappa shape index (κ1) is 11.2. The van der Waals surface area contributed by atoms with E-state index < -0.39 is 0 Å². The quantitative estimate of drug-likeness (QED) is 0.613. The zero-order chi connectivity index (χ0) is 11.7. The van der Waals surface area contributed by atoms with Crippen molar-refractivity contribution in [1.82, 2.24) is 0 Å². The Morgan fingerprint density at radius 1 is 1.31 bits per heavy atom. The number of thiol groups is 1. The van der Waals surface area contributed by atoms with Gasteiger partial charge in [-0.05, 0) is 47.9 Å². The number of Topliss-reactive ketones (excluding diaryl/α,β-unsaturated/α-hetero) is 1. The van der Waals surface area contributed by atoms with Gasteiger partial charge in [-0.25, -0.2) is 0 Å². The van der Waals surface area contributed by atoms with Crippen molar-refractivity contribution in [2.45, 2.75) is 19.6 Å². The predicted octanol–water partition coefficient (Wildman–Crippen LogP) is 3.78. The van der Waals surface area contributed by atoms with Crippen LogP contribution in [-0.4, -0.2) is 5.78 Å². The summed E-state index contributed by atoms with van der Waals surface area (Å²) in [5.74, 6) is 0.832. The van der Waals surface area contributed by atoms with E-state index in [1.54, 1.807) is 6.92 Å². The first-order chi connectivity index (χ1) is 7.63. The number of carbonyl (C=O) groups excluding carboxylic acids is 1. The van der Waals surface area contributed by atoms with Gasteiger partial charge >= 0.3 is 0 Å². The van der Waals surface area contributed by atoms with Crippen LogP contribution in [0, 0.1) is 6.92 Å². The van der Waals surface area contributed by atoms with Crippen molar-refractivity contribution in [2.75, 3.05) is 0 Å². The van der Waals surface area contributed by atoms with E-state index in [4.69, 9.17) is 0 Å². The maximum atomic E-state index is 11.4. The molecule has 0 atom stereocenters. The van der Waals surface area contributed by atoms with Crippen LogP contribution in [0.2, 0.25) is 0 Å². The Labute approximate surface area is 101 Å². The van der Waals surface area contributed by atoms with Crippen LogP contribution < -0.4 is 0 Å². The average molecular weight is 230 g/mol. The second kappa shape index (κ2) is 4.30. The third-order valence-electron chi connectivity index (χ3n) is 2.84. The summed E-state index contributed by atoms with van der Waals surface area (Å²) in [5.41, 5.74) is 3.14. The number of fused-ring (bicyclic) bond motifs is 1. The van der Waals surface area contributed by atoms with Crippen molar-refractivity contribution in [3.8, 4) is 0 Å². The van der Waals surface area contributed by atoms with Crippen LogP contribution in [0.25, 0.3) is 10.8 Å². The molecule has 0 fully saturated rings. The first-order valence-electron chi connectivity index (χ1n) is 5.27. The predicted molar refractivity (Wildman–Crippen MR) is 71.4 cm³/mol. The Kier molecular flexibility index (Phi) is 3.01. The molecular weight excluding hydrogens is 216 g/mol. The molecule has 2 heteroatoms. The fourth-order valence-electron chi connectivity index (χ4n) is 2.07. The molecule has 0 radical (unpaired) electrons. The molecule has 0 saturated carbocycles. The highest BCUT2D eigenvalue weighted by atomic mass is 32.1. The lowest BCUT2D eigenvalue weighted by molar-refractivity contribution is 0.101. The molecule has 0 bridgehead atoms. The van der Waals surface area contributed by atoms with E-state index in [0.717, 1.165) is 22.3 Å². The Hall–Kier alpha value is -1.28. The van der Waals surface area contributed by atoms with E-state index in [1.165, 1.54) is 10.9 Å². The molecule has 0 N–H and O–H groups in total. The number of aryl methyl sites for hydroxylation is 1. The van der Waals surface area contributed by atoms with Gasteiger partial charge < -0.3 is 0 Å². The summed E-state index contributed by atoms with van der Waals surface area (Å²) in [5, 5.41) is 2.35. The lowest BCUT2D eigenvalue weighted by Crippen LogP contribution is -1.95. The van der Waals surface area contributed by atoms with E-state index in [-0.39, 0.29) is 5.78 Å². The molecule has 2 aromatic carbocycles. The molecule has 0 saturated heterocycles. The van der Waals surface area contributed by atoms with Gasteiger partial charge in [0.25, 0.3) is 0 Å². The molecule has 16 heavy (non-hydrogen) atoms. The van der Waals surface area contributed by atoms with E-state index >= 15 is 0 Å². The molecule has 0 aromatic heterocycles. The highest BCUT2D eigenvalue weighted by Crippen LogP contribution is 2.25. The molecule has 1 nitrogen and oxygen atoms in total. The standard InChI is InChI=1S/C14H14OS/c1-9-6-13(10(2)15)7-11-4-3-5-12(8-16)14(9)11/h3-7,16H,8H2,1-2H3. The smallest absolute Gasteiger partial charge is 0.159 e. The van der Waals surface area contributed by atoms with E-state index in [0.29, 0.717) is 0 Å².